The summed E-state index contributed by atoms with van der Waals surface area (Å²) in [6.45, 7) is 6.51. The first-order valence-corrected chi connectivity index (χ1v) is 7.14. The lowest BCUT2D eigenvalue weighted by molar-refractivity contribution is -0.0433. The van der Waals surface area contributed by atoms with Crippen LogP contribution >= 0.6 is 0 Å². The maximum atomic E-state index is 5.78. The third kappa shape index (κ3) is 3.95. The number of hydrogen-bond acceptors (Lipinski definition) is 3. The van der Waals surface area contributed by atoms with Crippen LogP contribution in [-0.2, 0) is 4.74 Å². The predicted octanol–water partition coefficient (Wildman–Crippen LogP) is 3.30. The van der Waals surface area contributed by atoms with Gasteiger partial charge in [0.1, 0.15) is 5.75 Å². The van der Waals surface area contributed by atoms with Gasteiger partial charge >= 0.3 is 0 Å². The maximum absolute atomic E-state index is 5.78. The highest BCUT2D eigenvalue weighted by molar-refractivity contribution is 5.30. The molecule has 2 unspecified atom stereocenters. The summed E-state index contributed by atoms with van der Waals surface area (Å²) in [6, 6.07) is 9.13. The van der Waals surface area contributed by atoms with E-state index in [-0.39, 0.29) is 0 Å². The number of hydrogen-bond donors (Lipinski definition) is 1. The van der Waals surface area contributed by atoms with Crippen LogP contribution in [0.15, 0.2) is 24.3 Å². The van der Waals surface area contributed by atoms with Crippen molar-refractivity contribution in [2.24, 2.45) is 0 Å². The minimum Gasteiger partial charge on any atom is -0.497 e. The molecule has 3 atom stereocenters. The van der Waals surface area contributed by atoms with Crippen LogP contribution in [0.25, 0.3) is 0 Å². The van der Waals surface area contributed by atoms with Gasteiger partial charge in [0.15, 0.2) is 0 Å². The molecule has 1 aliphatic rings. The molecule has 0 spiro atoms. The van der Waals surface area contributed by atoms with Crippen molar-refractivity contribution in [2.45, 2.75) is 57.9 Å². The smallest absolute Gasteiger partial charge is 0.119 e. The summed E-state index contributed by atoms with van der Waals surface area (Å²) in [5, 5.41) is 3.71. The number of ether oxygens (including phenoxy) is 2. The summed E-state index contributed by atoms with van der Waals surface area (Å²) >= 11 is 0. The Morgan fingerprint density at radius 2 is 1.95 bits per heavy atom. The molecule has 1 aromatic carbocycles. The Balaban J connectivity index is 1.97. The van der Waals surface area contributed by atoms with Gasteiger partial charge in [-0.2, -0.15) is 0 Å². The van der Waals surface area contributed by atoms with E-state index < -0.39 is 0 Å². The lowest BCUT2D eigenvalue weighted by Gasteiger charge is -2.34. The van der Waals surface area contributed by atoms with Crippen molar-refractivity contribution >= 4 is 0 Å². The average molecular weight is 263 g/mol. The fraction of sp³-hybridized carbons (Fsp3) is 0.625. The monoisotopic (exact) mass is 263 g/mol. The van der Waals surface area contributed by atoms with Crippen molar-refractivity contribution in [2.75, 3.05) is 7.11 Å². The van der Waals surface area contributed by atoms with Crippen LogP contribution in [0.1, 0.15) is 45.2 Å². The highest BCUT2D eigenvalue weighted by Gasteiger charge is 2.25. The molecule has 0 bridgehead atoms. The van der Waals surface area contributed by atoms with Crippen molar-refractivity contribution in [1.29, 1.82) is 0 Å². The Hall–Kier alpha value is -1.06. The van der Waals surface area contributed by atoms with Crippen LogP contribution in [0.2, 0.25) is 0 Å². The molecule has 1 saturated heterocycles. The third-order valence-electron chi connectivity index (χ3n) is 3.78. The van der Waals surface area contributed by atoms with E-state index in [4.69, 9.17) is 9.47 Å². The van der Waals surface area contributed by atoms with E-state index in [2.05, 4.69) is 38.2 Å². The molecule has 106 valence electrons. The van der Waals surface area contributed by atoms with Gasteiger partial charge in [0.25, 0.3) is 0 Å². The number of benzene rings is 1. The average Bonchev–Trinajstić information content (AvgIpc) is 2.37. The molecule has 19 heavy (non-hydrogen) atoms. The fourth-order valence-electron chi connectivity index (χ4n) is 2.90. The quantitative estimate of drug-likeness (QED) is 0.904. The number of rotatable bonds is 4. The lowest BCUT2D eigenvalue weighted by Crippen LogP contribution is -2.42. The van der Waals surface area contributed by atoms with E-state index in [1.165, 1.54) is 5.56 Å². The SMILES string of the molecule is COc1cccc([C@@H](C)NC2CC(C)OC(C)C2)c1. The third-order valence-corrected chi connectivity index (χ3v) is 3.78. The molecule has 2 rings (SSSR count). The van der Waals surface area contributed by atoms with Gasteiger partial charge in [-0.25, -0.2) is 0 Å². The summed E-state index contributed by atoms with van der Waals surface area (Å²) in [7, 11) is 1.71. The molecule has 0 aromatic heterocycles. The Kier molecular flexibility index (Phi) is 4.83. The molecular weight excluding hydrogens is 238 g/mol. The van der Waals surface area contributed by atoms with Gasteiger partial charge in [-0.1, -0.05) is 12.1 Å². The first-order chi connectivity index (χ1) is 9.08. The molecule has 0 radical (unpaired) electrons. The molecule has 1 heterocycles. The zero-order chi connectivity index (χ0) is 13.8. The molecule has 3 nitrogen and oxygen atoms in total. The second-order valence-electron chi connectivity index (χ2n) is 5.59. The Bertz CT molecular complexity index is 397. The summed E-state index contributed by atoms with van der Waals surface area (Å²) in [5.41, 5.74) is 1.27. The van der Waals surface area contributed by atoms with E-state index in [1.807, 2.05) is 12.1 Å². The molecular formula is C16H25NO2. The highest BCUT2D eigenvalue weighted by atomic mass is 16.5. The van der Waals surface area contributed by atoms with Crippen molar-refractivity contribution in [1.82, 2.24) is 5.32 Å². The van der Waals surface area contributed by atoms with Crippen molar-refractivity contribution in [3.63, 3.8) is 0 Å². The van der Waals surface area contributed by atoms with Crippen LogP contribution < -0.4 is 10.1 Å². The van der Waals surface area contributed by atoms with Gasteiger partial charge in [-0.15, -0.1) is 0 Å². The molecule has 1 N–H and O–H groups in total. The van der Waals surface area contributed by atoms with Gasteiger partial charge in [0, 0.05) is 12.1 Å². The normalized spacial score (nSPS) is 28.9. The minimum absolute atomic E-state index is 0.331. The van der Waals surface area contributed by atoms with E-state index >= 15 is 0 Å². The summed E-state index contributed by atoms with van der Waals surface area (Å²) in [6.07, 6.45) is 2.86. The van der Waals surface area contributed by atoms with Gasteiger partial charge in [-0.05, 0) is 51.3 Å². The zero-order valence-corrected chi connectivity index (χ0v) is 12.3. The Labute approximate surface area is 116 Å². The fourth-order valence-corrected chi connectivity index (χ4v) is 2.90. The molecule has 1 aromatic rings. The van der Waals surface area contributed by atoms with E-state index in [0.717, 1.165) is 18.6 Å². The molecule has 0 amide bonds. The molecule has 0 saturated carbocycles. The van der Waals surface area contributed by atoms with Crippen LogP contribution in [0, 0.1) is 0 Å². The summed E-state index contributed by atoms with van der Waals surface area (Å²) in [4.78, 5) is 0. The Morgan fingerprint density at radius 3 is 2.58 bits per heavy atom. The van der Waals surface area contributed by atoms with Crippen LogP contribution in [-0.4, -0.2) is 25.4 Å². The highest BCUT2D eigenvalue weighted by Crippen LogP contribution is 2.24. The zero-order valence-electron chi connectivity index (χ0n) is 12.3. The molecule has 1 aliphatic heterocycles. The van der Waals surface area contributed by atoms with Crippen LogP contribution in [0.3, 0.4) is 0 Å². The molecule has 3 heteroatoms. The minimum atomic E-state index is 0.331. The van der Waals surface area contributed by atoms with Crippen molar-refractivity contribution in [3.05, 3.63) is 29.8 Å². The first-order valence-electron chi connectivity index (χ1n) is 7.14. The standard InChI is InChI=1S/C16H25NO2/c1-11-8-15(9-12(2)19-11)17-13(3)14-6-5-7-16(10-14)18-4/h5-7,10-13,15,17H,8-9H2,1-4H3/t11?,12?,13-,15?/m1/s1. The lowest BCUT2D eigenvalue weighted by atomic mass is 9.98. The second-order valence-corrected chi connectivity index (χ2v) is 5.59. The van der Waals surface area contributed by atoms with Gasteiger partial charge < -0.3 is 14.8 Å². The summed E-state index contributed by atoms with van der Waals surface area (Å²) in [5.74, 6) is 0.917. The van der Waals surface area contributed by atoms with Gasteiger partial charge in [0.2, 0.25) is 0 Å². The number of nitrogens with one attached hydrogen (secondary N) is 1. The van der Waals surface area contributed by atoms with Crippen LogP contribution in [0.5, 0.6) is 5.75 Å². The molecule has 1 fully saturated rings. The van der Waals surface area contributed by atoms with E-state index in [0.29, 0.717) is 24.3 Å². The van der Waals surface area contributed by atoms with Gasteiger partial charge in [-0.3, -0.25) is 0 Å². The number of methoxy groups -OCH3 is 1. The first kappa shape index (κ1) is 14.4. The van der Waals surface area contributed by atoms with E-state index in [9.17, 15) is 0 Å². The maximum Gasteiger partial charge on any atom is 0.119 e. The largest absolute Gasteiger partial charge is 0.497 e. The summed E-state index contributed by atoms with van der Waals surface area (Å²) < 4.78 is 11.1. The van der Waals surface area contributed by atoms with E-state index in [1.54, 1.807) is 7.11 Å². The van der Waals surface area contributed by atoms with Crippen LogP contribution in [0.4, 0.5) is 0 Å². The topological polar surface area (TPSA) is 30.5 Å². The van der Waals surface area contributed by atoms with Crippen molar-refractivity contribution in [3.8, 4) is 5.75 Å². The van der Waals surface area contributed by atoms with Gasteiger partial charge in [0.05, 0.1) is 19.3 Å². The molecule has 0 aliphatic carbocycles. The Morgan fingerprint density at radius 1 is 1.26 bits per heavy atom. The second kappa shape index (κ2) is 6.40. The van der Waals surface area contributed by atoms with Crippen molar-refractivity contribution < 1.29 is 9.47 Å². The predicted molar refractivity (Wildman–Crippen MR) is 77.6 cm³/mol.